The number of fused-ring (bicyclic) bond motifs is 1. The van der Waals surface area contributed by atoms with Crippen LogP contribution in [0.25, 0.3) is 0 Å². The van der Waals surface area contributed by atoms with Gasteiger partial charge in [0.2, 0.25) is 5.91 Å². The fourth-order valence-corrected chi connectivity index (χ4v) is 17.5. The molecule has 284 valence electrons. The Morgan fingerprint density at radius 3 is 1.88 bits per heavy atom. The lowest BCUT2D eigenvalue weighted by molar-refractivity contribution is -0.320. The highest BCUT2D eigenvalue weighted by Crippen LogP contribution is 2.48. The first-order valence-corrected chi connectivity index (χ1v) is 21.1. The van der Waals surface area contributed by atoms with Crippen LogP contribution in [0.5, 0.6) is 0 Å². The van der Waals surface area contributed by atoms with Crippen molar-refractivity contribution in [1.82, 2.24) is 9.55 Å². The molecule has 4 atom stereocenters. The predicted molar refractivity (Wildman–Crippen MR) is 184 cm³/mol. The number of esters is 2. The van der Waals surface area contributed by atoms with Crippen LogP contribution in [0.1, 0.15) is 82.4 Å². The van der Waals surface area contributed by atoms with E-state index in [0.29, 0.717) is 0 Å². The molecule has 0 aliphatic carbocycles. The van der Waals surface area contributed by atoms with E-state index in [9.17, 15) is 19.2 Å². The van der Waals surface area contributed by atoms with E-state index in [-0.39, 0.29) is 66.9 Å². The Morgan fingerprint density at radius 2 is 1.42 bits per heavy atom. The SMILES string of the molecule is CC(=O)[15NH]c1ccn([C@@H]2O[C@@H]3CO[Si](C(C)C)(C(C)C)O[Si](C(C)C)(C(C)C)O[C@H]3[C@H]2OC(OCCOC(C)=O)OCCOC(C)=O)c(=O)[15n]1. The van der Waals surface area contributed by atoms with E-state index in [0.717, 1.165) is 0 Å². The molecule has 2 aliphatic heterocycles. The van der Waals surface area contributed by atoms with Gasteiger partial charge in [-0.05, 0) is 28.2 Å². The predicted octanol–water partition coefficient (Wildman–Crippen LogP) is 3.88. The molecule has 0 saturated carbocycles. The van der Waals surface area contributed by atoms with Gasteiger partial charge in [0.05, 0.1) is 19.8 Å². The van der Waals surface area contributed by atoms with Gasteiger partial charge >= 0.3 is 34.8 Å². The Balaban J connectivity index is 2.13. The molecule has 1 aromatic rings. The highest BCUT2D eigenvalue weighted by molar-refractivity contribution is 6.84. The first-order valence-electron chi connectivity index (χ1n) is 17.1. The van der Waals surface area contributed by atoms with Gasteiger partial charge in [0.15, 0.2) is 6.23 Å². The van der Waals surface area contributed by atoms with Crippen LogP contribution in [0, 0.1) is 0 Å². The van der Waals surface area contributed by atoms with Gasteiger partial charge in [-0.15, -0.1) is 0 Å². The molecule has 0 aromatic carbocycles. The maximum atomic E-state index is 13.5. The molecule has 3 rings (SSSR count). The first kappa shape index (κ1) is 41.9. The molecule has 16 nitrogen and oxygen atoms in total. The zero-order valence-electron chi connectivity index (χ0n) is 31.1. The van der Waals surface area contributed by atoms with Crippen molar-refractivity contribution < 1.29 is 55.8 Å². The van der Waals surface area contributed by atoms with Crippen molar-refractivity contribution in [3.05, 3.63) is 22.7 Å². The van der Waals surface area contributed by atoms with Crippen LogP contribution in [-0.4, -0.2) is 102 Å². The van der Waals surface area contributed by atoms with Gasteiger partial charge in [-0.2, -0.15) is 4.98 Å². The van der Waals surface area contributed by atoms with Crippen LogP contribution in [0.2, 0.25) is 22.2 Å². The second-order valence-electron chi connectivity index (χ2n) is 13.6. The number of nitrogens with zero attached hydrogens (tertiary/aromatic N) is 2. The third-order valence-corrected chi connectivity index (χ3v) is 18.8. The molecule has 2 saturated heterocycles. The summed E-state index contributed by atoms with van der Waals surface area (Å²) in [7, 11) is -6.12. The molecule has 1 amide bonds. The van der Waals surface area contributed by atoms with Crippen molar-refractivity contribution in [1.29, 1.82) is 0 Å². The Bertz CT molecular complexity index is 1320. The summed E-state index contributed by atoms with van der Waals surface area (Å²) in [6.07, 6.45) is -2.27. The first-order chi connectivity index (χ1) is 23.4. The normalized spacial score (nSPS) is 23.2. The highest BCUT2D eigenvalue weighted by atomic mass is 28.5. The molecular weight excluding hydrogens is 693 g/mol. The number of hydrogen-bond donors (Lipinski definition) is 1. The summed E-state index contributed by atoms with van der Waals surface area (Å²) < 4.78 is 57.6. The lowest BCUT2D eigenvalue weighted by Gasteiger charge is -2.51. The Hall–Kier alpha value is -2.56. The van der Waals surface area contributed by atoms with Crippen molar-refractivity contribution in [2.45, 2.75) is 129 Å². The number of carbonyl (C=O) groups excluding carboxylic acids is 3. The van der Waals surface area contributed by atoms with Crippen LogP contribution in [0.15, 0.2) is 17.1 Å². The zero-order valence-corrected chi connectivity index (χ0v) is 33.1. The summed E-state index contributed by atoms with van der Waals surface area (Å²) in [6, 6.07) is 1.48. The fourth-order valence-electron chi connectivity index (χ4n) is 6.26. The molecular formula is C32H55N3O13Si2. The summed E-state index contributed by atoms with van der Waals surface area (Å²) in [5.74, 6) is -1.29. The highest BCUT2D eigenvalue weighted by Gasteiger charge is 2.62. The average molecular weight is 748 g/mol. The second-order valence-corrected chi connectivity index (χ2v) is 22.5. The van der Waals surface area contributed by atoms with Crippen LogP contribution in [0.4, 0.5) is 5.82 Å². The largest absolute Gasteiger partial charge is 0.463 e. The minimum absolute atomic E-state index is 0.0222. The number of hydrogen-bond acceptors (Lipinski definition) is 14. The number of anilines is 1. The third-order valence-electron chi connectivity index (χ3n) is 8.58. The smallest absolute Gasteiger partial charge is 0.351 e. The van der Waals surface area contributed by atoms with Crippen molar-refractivity contribution in [3.8, 4) is 0 Å². The number of carbonyl (C=O) groups is 3. The van der Waals surface area contributed by atoms with Crippen LogP contribution < -0.4 is 11.0 Å². The van der Waals surface area contributed by atoms with Gasteiger partial charge in [-0.3, -0.25) is 19.0 Å². The van der Waals surface area contributed by atoms with Crippen molar-refractivity contribution >= 4 is 40.8 Å². The van der Waals surface area contributed by atoms with Crippen LogP contribution in [0.3, 0.4) is 0 Å². The maximum absolute atomic E-state index is 13.5. The van der Waals surface area contributed by atoms with Gasteiger partial charge < -0.3 is 46.7 Å². The fraction of sp³-hybridized carbons (Fsp3) is 0.781. The second kappa shape index (κ2) is 18.3. The monoisotopic (exact) mass is 747 g/mol. The van der Waals surface area contributed by atoms with Crippen molar-refractivity contribution in [3.63, 3.8) is 0 Å². The van der Waals surface area contributed by atoms with Crippen molar-refractivity contribution in [2.24, 2.45) is 0 Å². The third kappa shape index (κ3) is 10.3. The molecule has 18 heteroatoms. The average Bonchev–Trinajstić information content (AvgIpc) is 3.31. The Labute approximate surface area is 296 Å². The Kier molecular flexibility index (Phi) is 15.3. The van der Waals surface area contributed by atoms with Crippen molar-refractivity contribution in [2.75, 3.05) is 38.4 Å². The van der Waals surface area contributed by atoms with E-state index in [2.05, 4.69) is 65.7 Å². The lowest BCUT2D eigenvalue weighted by Crippen LogP contribution is -2.66. The maximum Gasteiger partial charge on any atom is 0.351 e. The molecule has 50 heavy (non-hydrogen) atoms. The summed E-state index contributed by atoms with van der Waals surface area (Å²) in [5.41, 5.74) is -0.583. The summed E-state index contributed by atoms with van der Waals surface area (Å²) in [5, 5.41) is 2.51. The van der Waals surface area contributed by atoms with Gasteiger partial charge in [0.25, 0.3) is 6.48 Å². The number of rotatable bonds is 16. The number of aromatic nitrogens is 2. The topological polar surface area (TPSA) is 181 Å². The number of ether oxygens (including phenoxy) is 6. The van der Waals surface area contributed by atoms with Gasteiger partial charge in [-0.25, -0.2) is 4.79 Å². The quantitative estimate of drug-likeness (QED) is 0.0846. The van der Waals surface area contributed by atoms with Crippen LogP contribution in [-0.2, 0) is 55.8 Å². The molecule has 1 N–H and O–H groups in total. The molecule has 0 spiro atoms. The van der Waals surface area contributed by atoms with E-state index in [1.807, 2.05) is 0 Å². The lowest BCUT2D eigenvalue weighted by atomic mass is 10.1. The van der Waals surface area contributed by atoms with Gasteiger partial charge in [-0.1, -0.05) is 55.4 Å². The molecule has 2 fully saturated rings. The number of nitrogens with one attached hydrogen (secondary N) is 1. The molecule has 0 radical (unpaired) electrons. The molecule has 0 unspecified atom stereocenters. The van der Waals surface area contributed by atoms with Gasteiger partial charge in [0.1, 0.15) is 37.3 Å². The minimum atomic E-state index is -3.19. The Morgan fingerprint density at radius 1 is 0.880 bits per heavy atom. The van der Waals surface area contributed by atoms with E-state index >= 15 is 0 Å². The summed E-state index contributed by atoms with van der Waals surface area (Å²) in [4.78, 5) is 51.9. The van der Waals surface area contributed by atoms with E-state index in [1.54, 1.807) is 0 Å². The van der Waals surface area contributed by atoms with Gasteiger partial charge in [0, 0.05) is 27.0 Å². The summed E-state index contributed by atoms with van der Waals surface area (Å²) in [6.45, 7) is 19.0. The molecule has 0 bridgehead atoms. The minimum Gasteiger partial charge on any atom is -0.463 e. The van der Waals surface area contributed by atoms with Crippen LogP contribution >= 0.6 is 0 Å². The summed E-state index contributed by atoms with van der Waals surface area (Å²) >= 11 is 0. The number of amides is 1. The van der Waals surface area contributed by atoms with E-state index < -0.39 is 65.8 Å². The standard InChI is InChI=1S/C32H55N3O13Si2/c1-19(2)49(20(3)4)44-18-26-28(47-50(48-49,21(5)6)22(7)8)29(30(45-26)35-13-12-27(33-23(9)36)34-31(35)39)46-32(42-16-14-40-24(10)37)43-17-15-41-25(11)38/h12-13,19-22,26,28-30,32H,14-18H2,1-11H3,(H,33,34,36,39)/t26-,28-,29-,30-/m1/s1/i33+1,34+1. The van der Waals surface area contributed by atoms with E-state index in [1.165, 1.54) is 37.6 Å². The zero-order chi connectivity index (χ0) is 37.4. The molecule has 3 heterocycles. The molecule has 1 aromatic heterocycles. The molecule has 2 aliphatic rings. The van der Waals surface area contributed by atoms with E-state index in [4.69, 9.17) is 41.4 Å².